The second-order valence-corrected chi connectivity index (χ2v) is 6.33. The van der Waals surface area contributed by atoms with Crippen LogP contribution in [0.15, 0.2) is 0 Å². The fourth-order valence-electron chi connectivity index (χ4n) is 2.95. The van der Waals surface area contributed by atoms with E-state index in [4.69, 9.17) is 5.73 Å². The number of rotatable bonds is 3. The van der Waals surface area contributed by atoms with Crippen LogP contribution in [0, 0.1) is 5.41 Å². The molecule has 2 heteroatoms. The van der Waals surface area contributed by atoms with Crippen molar-refractivity contribution in [1.82, 2.24) is 5.32 Å². The van der Waals surface area contributed by atoms with Gasteiger partial charge in [-0.3, -0.25) is 0 Å². The number of hydrogen-bond acceptors (Lipinski definition) is 2. The van der Waals surface area contributed by atoms with Gasteiger partial charge in [-0.15, -0.1) is 0 Å². The van der Waals surface area contributed by atoms with Gasteiger partial charge in [0.15, 0.2) is 0 Å². The highest BCUT2D eigenvalue weighted by molar-refractivity contribution is 5.08. The molecule has 0 aromatic rings. The Kier molecular flexibility index (Phi) is 2.85. The lowest BCUT2D eigenvalue weighted by molar-refractivity contribution is 0.222. The molecule has 3 N–H and O–H groups in total. The second-order valence-electron chi connectivity index (χ2n) is 6.33. The predicted molar refractivity (Wildman–Crippen MR) is 64.8 cm³/mol. The fraction of sp³-hybridized carbons (Fsp3) is 1.00. The highest BCUT2D eigenvalue weighted by Crippen LogP contribution is 2.55. The molecule has 2 saturated carbocycles. The second kappa shape index (κ2) is 3.74. The first kappa shape index (κ1) is 11.4. The van der Waals surface area contributed by atoms with Crippen LogP contribution in [0.4, 0.5) is 0 Å². The van der Waals surface area contributed by atoms with Crippen molar-refractivity contribution in [3.63, 3.8) is 0 Å². The lowest BCUT2D eigenvalue weighted by Gasteiger charge is -2.36. The van der Waals surface area contributed by atoms with Crippen LogP contribution in [0.1, 0.15) is 59.3 Å². The quantitative estimate of drug-likeness (QED) is 0.751. The van der Waals surface area contributed by atoms with Crippen LogP contribution in [0.3, 0.4) is 0 Å². The summed E-state index contributed by atoms with van der Waals surface area (Å²) in [4.78, 5) is 0. The van der Waals surface area contributed by atoms with E-state index in [9.17, 15) is 0 Å². The van der Waals surface area contributed by atoms with E-state index >= 15 is 0 Å². The first-order valence-electron chi connectivity index (χ1n) is 6.51. The van der Waals surface area contributed by atoms with Crippen LogP contribution >= 0.6 is 0 Å². The Bertz CT molecular complexity index is 227. The lowest BCUT2D eigenvalue weighted by atomic mass is 9.82. The van der Waals surface area contributed by atoms with E-state index in [1.165, 1.54) is 38.5 Å². The molecule has 0 heterocycles. The van der Waals surface area contributed by atoms with E-state index in [2.05, 4.69) is 26.1 Å². The topological polar surface area (TPSA) is 38.0 Å². The van der Waals surface area contributed by atoms with Crippen molar-refractivity contribution in [1.29, 1.82) is 0 Å². The van der Waals surface area contributed by atoms with Gasteiger partial charge in [-0.05, 0) is 57.8 Å². The first-order chi connectivity index (χ1) is 6.97. The molecule has 1 atom stereocenters. The molecule has 2 rings (SSSR count). The summed E-state index contributed by atoms with van der Waals surface area (Å²) in [5.74, 6) is 0. The Morgan fingerprint density at radius 3 is 2.27 bits per heavy atom. The molecule has 0 bridgehead atoms. The molecule has 1 unspecified atom stereocenters. The molecule has 0 aromatic heterocycles. The maximum atomic E-state index is 6.01. The highest BCUT2D eigenvalue weighted by Gasteiger charge is 2.52. The molecule has 88 valence electrons. The third kappa shape index (κ3) is 2.36. The maximum absolute atomic E-state index is 6.01. The fourth-order valence-corrected chi connectivity index (χ4v) is 2.95. The van der Waals surface area contributed by atoms with Crippen molar-refractivity contribution < 1.29 is 0 Å². The zero-order valence-corrected chi connectivity index (χ0v) is 10.5. The van der Waals surface area contributed by atoms with E-state index < -0.39 is 0 Å². The van der Waals surface area contributed by atoms with Gasteiger partial charge >= 0.3 is 0 Å². The first-order valence-corrected chi connectivity index (χ1v) is 6.51. The van der Waals surface area contributed by atoms with Crippen molar-refractivity contribution in [2.24, 2.45) is 11.1 Å². The van der Waals surface area contributed by atoms with Crippen LogP contribution < -0.4 is 11.1 Å². The van der Waals surface area contributed by atoms with Gasteiger partial charge in [-0.1, -0.05) is 6.92 Å². The van der Waals surface area contributed by atoms with Crippen molar-refractivity contribution in [2.75, 3.05) is 0 Å². The van der Waals surface area contributed by atoms with E-state index in [0.29, 0.717) is 17.0 Å². The van der Waals surface area contributed by atoms with Crippen LogP contribution in [-0.2, 0) is 0 Å². The normalized spacial score (nSPS) is 40.8. The molecule has 0 aliphatic heterocycles. The minimum atomic E-state index is 0.306. The summed E-state index contributed by atoms with van der Waals surface area (Å²) in [6, 6.07) is 1.26. The smallest absolute Gasteiger partial charge is 0.0125 e. The Balaban J connectivity index is 1.79. The van der Waals surface area contributed by atoms with Gasteiger partial charge in [0.2, 0.25) is 0 Å². The summed E-state index contributed by atoms with van der Waals surface area (Å²) in [6.45, 7) is 6.87. The summed E-state index contributed by atoms with van der Waals surface area (Å²) in [5, 5.41) is 3.78. The van der Waals surface area contributed by atoms with E-state index in [-0.39, 0.29) is 0 Å². The molecule has 2 aliphatic rings. The number of hydrogen-bond donors (Lipinski definition) is 2. The van der Waals surface area contributed by atoms with Gasteiger partial charge in [0.1, 0.15) is 0 Å². The Hall–Kier alpha value is -0.0800. The third-order valence-electron chi connectivity index (χ3n) is 4.71. The number of nitrogens with one attached hydrogen (secondary N) is 1. The van der Waals surface area contributed by atoms with E-state index in [1.54, 1.807) is 0 Å². The molecule has 15 heavy (non-hydrogen) atoms. The Morgan fingerprint density at radius 1 is 1.33 bits per heavy atom. The standard InChI is InChI=1S/C13H26N2/c1-4-12(2,3)15-10-5-7-13(8-6-10)9-11(13)14/h10-11,15H,4-9,14H2,1-3H3. The molecule has 0 aromatic carbocycles. The zero-order chi connectivity index (χ0) is 11.1. The molecule has 2 nitrogen and oxygen atoms in total. The van der Waals surface area contributed by atoms with Gasteiger partial charge in [0, 0.05) is 17.6 Å². The zero-order valence-electron chi connectivity index (χ0n) is 10.5. The maximum Gasteiger partial charge on any atom is 0.0125 e. The SMILES string of the molecule is CCC(C)(C)NC1CCC2(CC1)CC2N. The van der Waals surface area contributed by atoms with Crippen molar-refractivity contribution in [3.05, 3.63) is 0 Å². The van der Waals surface area contributed by atoms with Crippen molar-refractivity contribution >= 4 is 0 Å². The molecule has 2 fully saturated rings. The third-order valence-corrected chi connectivity index (χ3v) is 4.71. The van der Waals surface area contributed by atoms with E-state index in [0.717, 1.165) is 6.04 Å². The molecular weight excluding hydrogens is 184 g/mol. The van der Waals surface area contributed by atoms with E-state index in [1.807, 2.05) is 0 Å². The Labute approximate surface area is 94.0 Å². The van der Waals surface area contributed by atoms with Crippen molar-refractivity contribution in [2.45, 2.75) is 76.9 Å². The molecule has 0 amide bonds. The summed E-state index contributed by atoms with van der Waals surface area (Å²) >= 11 is 0. The average molecular weight is 210 g/mol. The van der Waals surface area contributed by atoms with Gasteiger partial charge in [-0.25, -0.2) is 0 Å². The number of nitrogens with two attached hydrogens (primary N) is 1. The van der Waals surface area contributed by atoms with Crippen LogP contribution in [0.2, 0.25) is 0 Å². The Morgan fingerprint density at radius 2 is 1.87 bits per heavy atom. The summed E-state index contributed by atoms with van der Waals surface area (Å²) in [5.41, 5.74) is 6.89. The van der Waals surface area contributed by atoms with Gasteiger partial charge in [0.05, 0.1) is 0 Å². The predicted octanol–water partition coefficient (Wildman–Crippen LogP) is 2.42. The van der Waals surface area contributed by atoms with Crippen LogP contribution in [0.25, 0.3) is 0 Å². The minimum absolute atomic E-state index is 0.306. The average Bonchev–Trinajstić information content (AvgIpc) is 2.81. The largest absolute Gasteiger partial charge is 0.327 e. The summed E-state index contributed by atoms with van der Waals surface area (Å²) < 4.78 is 0. The van der Waals surface area contributed by atoms with Crippen LogP contribution in [-0.4, -0.2) is 17.6 Å². The lowest BCUT2D eigenvalue weighted by Crippen LogP contribution is -2.47. The molecule has 0 saturated heterocycles. The molecular formula is C13H26N2. The molecule has 1 spiro atoms. The molecule has 2 aliphatic carbocycles. The molecule has 0 radical (unpaired) electrons. The summed E-state index contributed by atoms with van der Waals surface area (Å²) in [7, 11) is 0. The van der Waals surface area contributed by atoms with Gasteiger partial charge in [0.25, 0.3) is 0 Å². The van der Waals surface area contributed by atoms with Crippen LogP contribution in [0.5, 0.6) is 0 Å². The summed E-state index contributed by atoms with van der Waals surface area (Å²) in [6.07, 6.45) is 7.86. The monoisotopic (exact) mass is 210 g/mol. The highest BCUT2D eigenvalue weighted by atomic mass is 15.0. The van der Waals surface area contributed by atoms with Gasteiger partial charge in [-0.2, -0.15) is 0 Å². The van der Waals surface area contributed by atoms with Crippen molar-refractivity contribution in [3.8, 4) is 0 Å². The van der Waals surface area contributed by atoms with Gasteiger partial charge < -0.3 is 11.1 Å². The minimum Gasteiger partial charge on any atom is -0.327 e.